The summed E-state index contributed by atoms with van der Waals surface area (Å²) in [7, 11) is 0. The summed E-state index contributed by atoms with van der Waals surface area (Å²) in [5.74, 6) is 0.948. The molecule has 0 aromatic rings. The maximum absolute atomic E-state index is 8.70. The molecule has 0 aliphatic heterocycles. The van der Waals surface area contributed by atoms with Crippen molar-refractivity contribution < 1.29 is 54.3 Å². The van der Waals surface area contributed by atoms with E-state index in [0.29, 0.717) is 25.0 Å². The second-order valence-electron chi connectivity index (χ2n) is 2.91. The summed E-state index contributed by atoms with van der Waals surface area (Å²) in [6.45, 7) is 0.604. The molecule has 1 aliphatic carbocycles. The smallest absolute Gasteiger partial charge is 0.0459 e. The molecular weight excluding hydrogens is 343 g/mol. The largest absolute Gasteiger partial charge is 0.396 e. The Kier molecular flexibility index (Phi) is 6.75. The molecule has 10 heavy (non-hydrogen) atoms. The third kappa shape index (κ3) is 3.17. The number of hydrogen-bond donors (Lipinski definition) is 2. The van der Waals surface area contributed by atoms with Crippen LogP contribution < -0.4 is 0 Å². The molecule has 3 heteroatoms. The quantitative estimate of drug-likeness (QED) is 0.751. The predicted molar refractivity (Wildman–Crippen MR) is 35.0 cm³/mol. The van der Waals surface area contributed by atoms with Crippen LogP contribution in [0.5, 0.6) is 0 Å². The number of aliphatic hydroxyl groups excluding tert-OH is 2. The molecule has 57 valence electrons. The van der Waals surface area contributed by atoms with Gasteiger partial charge < -0.3 is 10.2 Å². The van der Waals surface area contributed by atoms with Gasteiger partial charge in [-0.15, -0.1) is 0 Å². The van der Waals surface area contributed by atoms with Crippen LogP contribution in [0.1, 0.15) is 19.3 Å². The van der Waals surface area contributed by atoms with E-state index in [2.05, 4.69) is 0 Å². The van der Waals surface area contributed by atoms with E-state index in [9.17, 15) is 0 Å². The van der Waals surface area contributed by atoms with E-state index >= 15 is 0 Å². The van der Waals surface area contributed by atoms with Gasteiger partial charge >= 0.3 is 0 Å². The van der Waals surface area contributed by atoms with Gasteiger partial charge in [0.25, 0.3) is 0 Å². The molecule has 1 aliphatic rings. The van der Waals surface area contributed by atoms with E-state index in [1.165, 1.54) is 0 Å². The van der Waals surface area contributed by atoms with Crippen LogP contribution in [0.3, 0.4) is 0 Å². The van der Waals surface area contributed by atoms with Crippen molar-refractivity contribution >= 4 is 0 Å². The first-order valence-electron chi connectivity index (χ1n) is 3.58. The average Bonchev–Trinajstić information content (AvgIpc) is 2.34. The van der Waals surface area contributed by atoms with Crippen molar-refractivity contribution in [3.63, 3.8) is 0 Å². The van der Waals surface area contributed by atoms with Gasteiger partial charge in [-0.2, -0.15) is 0 Å². The molecule has 0 spiro atoms. The van der Waals surface area contributed by atoms with Gasteiger partial charge in [0.05, 0.1) is 0 Å². The second-order valence-corrected chi connectivity index (χ2v) is 2.91. The van der Waals surface area contributed by atoms with Crippen LogP contribution in [-0.4, -0.2) is 23.4 Å². The molecule has 0 heterocycles. The van der Waals surface area contributed by atoms with Gasteiger partial charge in [-0.1, -0.05) is 0 Å². The number of rotatable bonds is 2. The summed E-state index contributed by atoms with van der Waals surface area (Å²) in [5, 5.41) is 17.4. The summed E-state index contributed by atoms with van der Waals surface area (Å²) in [6, 6.07) is 0. The van der Waals surface area contributed by atoms with Crippen LogP contribution in [0, 0.1) is 55.9 Å². The van der Waals surface area contributed by atoms with Crippen LogP contribution in [0.4, 0.5) is 0 Å². The summed E-state index contributed by atoms with van der Waals surface area (Å²) in [4.78, 5) is 0. The van der Waals surface area contributed by atoms with E-state index in [4.69, 9.17) is 10.2 Å². The molecule has 0 unspecified atom stereocenters. The van der Waals surface area contributed by atoms with E-state index < -0.39 is 0 Å². The minimum Gasteiger partial charge on any atom is -0.396 e. The van der Waals surface area contributed by atoms with Gasteiger partial charge in [-0.05, 0) is 31.1 Å². The van der Waals surface area contributed by atoms with Crippen LogP contribution >= 0.6 is 0 Å². The Morgan fingerprint density at radius 2 is 1.40 bits per heavy atom. The standard InChI is InChI=1S/C7H14O2.Ac/c8-4-6-1-2-7(3-6)5-9;/h6-9H,1-5H2;/t6-,7+;. The van der Waals surface area contributed by atoms with Crippen molar-refractivity contribution in [2.45, 2.75) is 19.3 Å². The zero-order valence-corrected chi connectivity index (χ0v) is 10.9. The van der Waals surface area contributed by atoms with Crippen LogP contribution in [0.15, 0.2) is 0 Å². The topological polar surface area (TPSA) is 40.5 Å². The van der Waals surface area contributed by atoms with Crippen molar-refractivity contribution in [3.8, 4) is 0 Å². The fourth-order valence-electron chi connectivity index (χ4n) is 1.51. The Morgan fingerprint density at radius 1 is 1.00 bits per heavy atom. The van der Waals surface area contributed by atoms with Crippen molar-refractivity contribution in [1.29, 1.82) is 0 Å². The molecule has 1 rings (SSSR count). The summed E-state index contributed by atoms with van der Waals surface area (Å²) < 4.78 is 0. The fraction of sp³-hybridized carbons (Fsp3) is 1.00. The Labute approximate surface area is 97.6 Å². The zero-order chi connectivity index (χ0) is 6.69. The Morgan fingerprint density at radius 3 is 1.60 bits per heavy atom. The van der Waals surface area contributed by atoms with Crippen molar-refractivity contribution in [2.75, 3.05) is 13.2 Å². The first-order valence-corrected chi connectivity index (χ1v) is 3.58. The molecule has 1 saturated carbocycles. The second kappa shape index (κ2) is 5.94. The molecule has 0 saturated heterocycles. The van der Waals surface area contributed by atoms with Gasteiger partial charge in [-0.3, -0.25) is 0 Å². The van der Waals surface area contributed by atoms with Gasteiger partial charge in [0, 0.05) is 57.3 Å². The Balaban J connectivity index is 0.000000810. The molecule has 2 atom stereocenters. The predicted octanol–water partition coefficient (Wildman–Crippen LogP) is 0.387. The monoisotopic (exact) mass is 357 g/mol. The molecule has 2 N–H and O–H groups in total. The van der Waals surface area contributed by atoms with Crippen molar-refractivity contribution in [3.05, 3.63) is 0 Å². The first-order chi connectivity index (χ1) is 4.36. The third-order valence-electron chi connectivity index (χ3n) is 2.17. The first kappa shape index (κ1) is 11.4. The van der Waals surface area contributed by atoms with Gasteiger partial charge in [-0.25, -0.2) is 0 Å². The average molecular weight is 357 g/mol. The molecule has 2 nitrogen and oxygen atoms in total. The summed E-state index contributed by atoms with van der Waals surface area (Å²) >= 11 is 0. The normalized spacial score (nSPS) is 31.8. The maximum Gasteiger partial charge on any atom is 0.0459 e. The summed E-state index contributed by atoms with van der Waals surface area (Å²) in [5.41, 5.74) is 0. The molecule has 0 aromatic heterocycles. The van der Waals surface area contributed by atoms with Crippen LogP contribution in [0.2, 0.25) is 0 Å². The summed E-state index contributed by atoms with van der Waals surface area (Å²) in [6.07, 6.45) is 3.22. The molecule has 0 amide bonds. The number of hydrogen-bond acceptors (Lipinski definition) is 2. The third-order valence-corrected chi connectivity index (χ3v) is 2.17. The molecule has 0 aromatic carbocycles. The van der Waals surface area contributed by atoms with Crippen molar-refractivity contribution in [1.82, 2.24) is 0 Å². The number of aliphatic hydroxyl groups is 2. The minimum absolute atomic E-state index is 0. The zero-order valence-electron chi connectivity index (χ0n) is 6.16. The van der Waals surface area contributed by atoms with E-state index in [1.807, 2.05) is 0 Å². The Hall–Kier alpha value is 1.36. The van der Waals surface area contributed by atoms with Crippen molar-refractivity contribution in [2.24, 2.45) is 11.8 Å². The van der Waals surface area contributed by atoms with E-state index in [0.717, 1.165) is 19.3 Å². The van der Waals surface area contributed by atoms with Crippen LogP contribution in [0.25, 0.3) is 0 Å². The van der Waals surface area contributed by atoms with E-state index in [1.54, 1.807) is 0 Å². The van der Waals surface area contributed by atoms with Gasteiger partial charge in [0.2, 0.25) is 0 Å². The maximum atomic E-state index is 8.70. The molecule has 0 bridgehead atoms. The van der Waals surface area contributed by atoms with Crippen LogP contribution in [-0.2, 0) is 0 Å². The molecular formula is C7H14AcO2. The fourth-order valence-corrected chi connectivity index (χ4v) is 1.51. The van der Waals surface area contributed by atoms with Gasteiger partial charge in [0.15, 0.2) is 0 Å². The van der Waals surface area contributed by atoms with Gasteiger partial charge in [0.1, 0.15) is 0 Å². The SMILES string of the molecule is OC[C@@H]1CC[C@H](CO)C1.[Ac]. The molecule has 1 fully saturated rings. The molecule has 1 radical (unpaired) electrons. The Bertz CT molecular complexity index is 77.7. The minimum atomic E-state index is 0. The van der Waals surface area contributed by atoms with E-state index in [-0.39, 0.29) is 44.1 Å².